The molecule has 0 aliphatic rings. The van der Waals surface area contributed by atoms with Gasteiger partial charge in [0.25, 0.3) is 5.24 Å². The number of hydrogen-bond acceptors (Lipinski definition) is 2. The van der Waals surface area contributed by atoms with Crippen LogP contribution in [0.15, 0.2) is 36.4 Å². The van der Waals surface area contributed by atoms with Gasteiger partial charge in [0, 0.05) is 5.56 Å². The van der Waals surface area contributed by atoms with Crippen molar-refractivity contribution in [1.29, 1.82) is 0 Å². The first-order chi connectivity index (χ1) is 10.2. The smallest absolute Gasteiger partial charge is 0.252 e. The number of carbonyl (C=O) groups is 1. The molecule has 0 unspecified atom stereocenters. The van der Waals surface area contributed by atoms with Crippen LogP contribution in [-0.2, 0) is 0 Å². The highest BCUT2D eigenvalue weighted by Gasteiger charge is 2.00. The average Bonchev–Trinajstić information content (AvgIpc) is 2.49. The van der Waals surface area contributed by atoms with Gasteiger partial charge in [0.05, 0.1) is 6.61 Å². The van der Waals surface area contributed by atoms with E-state index >= 15 is 0 Å². The fourth-order valence-corrected chi connectivity index (χ4v) is 2.12. The summed E-state index contributed by atoms with van der Waals surface area (Å²) < 4.78 is 5.61. The molecule has 116 valence electrons. The minimum absolute atomic E-state index is 0.439. The molecule has 0 atom stereocenters. The monoisotopic (exact) mass is 308 g/mol. The third kappa shape index (κ3) is 8.56. The van der Waals surface area contributed by atoms with Crippen LogP contribution in [0.2, 0.25) is 0 Å². The van der Waals surface area contributed by atoms with E-state index < -0.39 is 5.24 Å². The van der Waals surface area contributed by atoms with Gasteiger partial charge in [0.1, 0.15) is 5.75 Å². The molecule has 1 aromatic rings. The van der Waals surface area contributed by atoms with Crippen molar-refractivity contribution >= 4 is 16.8 Å². The summed E-state index contributed by atoms with van der Waals surface area (Å²) in [6.45, 7) is 2.92. The highest BCUT2D eigenvalue weighted by atomic mass is 35.5. The van der Waals surface area contributed by atoms with Gasteiger partial charge in [-0.05, 0) is 61.5 Å². The fraction of sp³-hybridized carbons (Fsp3) is 0.500. The molecule has 0 aromatic heterocycles. The average molecular weight is 309 g/mol. The summed E-state index contributed by atoms with van der Waals surface area (Å²) in [4.78, 5) is 10.9. The maximum atomic E-state index is 10.9. The van der Waals surface area contributed by atoms with Crippen LogP contribution in [0.3, 0.4) is 0 Å². The summed E-state index contributed by atoms with van der Waals surface area (Å²) in [5, 5.41) is -0.439. The Kier molecular flexibility index (Phi) is 9.64. The molecule has 0 amide bonds. The van der Waals surface area contributed by atoms with Crippen LogP contribution in [0.4, 0.5) is 0 Å². The van der Waals surface area contributed by atoms with Crippen molar-refractivity contribution in [2.75, 3.05) is 6.61 Å². The largest absolute Gasteiger partial charge is 0.494 e. The molecule has 1 aromatic carbocycles. The van der Waals surface area contributed by atoms with Crippen LogP contribution < -0.4 is 4.74 Å². The first-order valence-electron chi connectivity index (χ1n) is 7.81. The summed E-state index contributed by atoms with van der Waals surface area (Å²) in [5.74, 6) is 0.778. The van der Waals surface area contributed by atoms with E-state index in [4.69, 9.17) is 16.3 Å². The number of ether oxygens (including phenoxy) is 1. The minimum atomic E-state index is -0.439. The van der Waals surface area contributed by atoms with Crippen molar-refractivity contribution in [1.82, 2.24) is 0 Å². The minimum Gasteiger partial charge on any atom is -0.494 e. The van der Waals surface area contributed by atoms with Crippen molar-refractivity contribution < 1.29 is 9.53 Å². The molecular formula is C18H25ClO2. The second-order valence-corrected chi connectivity index (χ2v) is 5.45. The van der Waals surface area contributed by atoms with E-state index in [0.717, 1.165) is 18.6 Å². The molecule has 3 heteroatoms. The maximum Gasteiger partial charge on any atom is 0.252 e. The van der Waals surface area contributed by atoms with Gasteiger partial charge >= 0.3 is 0 Å². The van der Waals surface area contributed by atoms with E-state index in [-0.39, 0.29) is 0 Å². The Morgan fingerprint density at radius 3 is 2.33 bits per heavy atom. The molecule has 0 radical (unpaired) electrons. The lowest BCUT2D eigenvalue weighted by Gasteiger charge is -2.05. The van der Waals surface area contributed by atoms with Crippen LogP contribution in [-0.4, -0.2) is 11.8 Å². The van der Waals surface area contributed by atoms with Gasteiger partial charge in [-0.15, -0.1) is 0 Å². The number of carbonyl (C=O) groups excluding carboxylic acids is 1. The van der Waals surface area contributed by atoms with Crippen molar-refractivity contribution in [3.63, 3.8) is 0 Å². The zero-order valence-corrected chi connectivity index (χ0v) is 13.6. The first kappa shape index (κ1) is 17.8. The third-order valence-electron chi connectivity index (χ3n) is 3.26. The number of rotatable bonds is 11. The Morgan fingerprint density at radius 2 is 1.71 bits per heavy atom. The second kappa shape index (κ2) is 11.4. The predicted octanol–water partition coefficient (Wildman–Crippen LogP) is 5.75. The topological polar surface area (TPSA) is 26.3 Å². The van der Waals surface area contributed by atoms with E-state index in [1.807, 2.05) is 0 Å². The second-order valence-electron chi connectivity index (χ2n) is 5.11. The molecular weight excluding hydrogens is 284 g/mol. The number of halogens is 1. The van der Waals surface area contributed by atoms with Crippen molar-refractivity contribution in [3.05, 3.63) is 42.0 Å². The van der Waals surface area contributed by atoms with Crippen LogP contribution in [0.25, 0.3) is 0 Å². The number of benzene rings is 1. The Balaban J connectivity index is 2.06. The van der Waals surface area contributed by atoms with Crippen LogP contribution in [0.5, 0.6) is 5.75 Å². The van der Waals surface area contributed by atoms with Gasteiger partial charge in [-0.2, -0.15) is 0 Å². The zero-order valence-electron chi connectivity index (χ0n) is 12.8. The Hall–Kier alpha value is -1.28. The van der Waals surface area contributed by atoms with Crippen LogP contribution >= 0.6 is 11.6 Å². The molecule has 0 saturated heterocycles. The van der Waals surface area contributed by atoms with Crippen LogP contribution in [0.1, 0.15) is 62.2 Å². The van der Waals surface area contributed by atoms with Gasteiger partial charge < -0.3 is 4.74 Å². The maximum absolute atomic E-state index is 10.9. The standard InChI is InChI=1S/C18H25ClO2/c1-2-3-4-5-6-7-8-9-10-15-21-17-13-11-16(12-14-17)18(19)20/h7-8,11-14H,2-6,9-10,15H2,1H3/b8-7-. The quantitative estimate of drug-likeness (QED) is 0.295. The predicted molar refractivity (Wildman–Crippen MR) is 89.3 cm³/mol. The molecule has 0 heterocycles. The van der Waals surface area contributed by atoms with Crippen molar-refractivity contribution in [3.8, 4) is 5.75 Å². The van der Waals surface area contributed by atoms with Gasteiger partial charge in [-0.3, -0.25) is 4.79 Å². The van der Waals surface area contributed by atoms with Gasteiger partial charge in [-0.25, -0.2) is 0 Å². The molecule has 0 aliphatic carbocycles. The van der Waals surface area contributed by atoms with E-state index in [1.165, 1.54) is 32.1 Å². The number of allylic oxidation sites excluding steroid dienone is 2. The third-order valence-corrected chi connectivity index (χ3v) is 3.47. The molecule has 0 aliphatic heterocycles. The highest BCUT2D eigenvalue weighted by molar-refractivity contribution is 6.67. The molecule has 1 rings (SSSR count). The Labute approximate surface area is 133 Å². The van der Waals surface area contributed by atoms with E-state index in [0.29, 0.717) is 12.2 Å². The Morgan fingerprint density at radius 1 is 1.05 bits per heavy atom. The summed E-state index contributed by atoms with van der Waals surface area (Å²) >= 11 is 5.38. The van der Waals surface area contributed by atoms with E-state index in [2.05, 4.69) is 19.1 Å². The summed E-state index contributed by atoms with van der Waals surface area (Å²) in [5.41, 5.74) is 0.495. The number of hydrogen-bond donors (Lipinski definition) is 0. The number of unbranched alkanes of at least 4 members (excludes halogenated alkanes) is 5. The lowest BCUT2D eigenvalue weighted by molar-refractivity contribution is 0.108. The molecule has 0 spiro atoms. The van der Waals surface area contributed by atoms with Crippen molar-refractivity contribution in [2.24, 2.45) is 0 Å². The van der Waals surface area contributed by atoms with Crippen molar-refractivity contribution in [2.45, 2.75) is 51.9 Å². The fourth-order valence-electron chi connectivity index (χ4n) is 2.00. The molecule has 0 saturated carbocycles. The van der Waals surface area contributed by atoms with Gasteiger partial charge in [0.2, 0.25) is 0 Å². The first-order valence-corrected chi connectivity index (χ1v) is 8.19. The lowest BCUT2D eigenvalue weighted by Crippen LogP contribution is -1.97. The summed E-state index contributed by atoms with van der Waals surface area (Å²) in [7, 11) is 0. The van der Waals surface area contributed by atoms with Gasteiger partial charge in [0.15, 0.2) is 0 Å². The molecule has 2 nitrogen and oxygen atoms in total. The molecule has 21 heavy (non-hydrogen) atoms. The summed E-state index contributed by atoms with van der Waals surface area (Å²) in [6, 6.07) is 6.92. The van der Waals surface area contributed by atoms with E-state index in [9.17, 15) is 4.79 Å². The summed E-state index contributed by atoms with van der Waals surface area (Å²) in [6.07, 6.45) is 13.0. The molecule has 0 N–H and O–H groups in total. The zero-order chi connectivity index (χ0) is 15.3. The SMILES string of the molecule is CCCCCC/C=C\CCCOc1ccc(C(=O)Cl)cc1. The molecule has 0 bridgehead atoms. The van der Waals surface area contributed by atoms with Crippen LogP contribution in [0, 0.1) is 0 Å². The Bertz CT molecular complexity index is 423. The van der Waals surface area contributed by atoms with E-state index in [1.54, 1.807) is 24.3 Å². The normalized spacial score (nSPS) is 11.0. The molecule has 0 fully saturated rings. The van der Waals surface area contributed by atoms with Gasteiger partial charge in [-0.1, -0.05) is 38.3 Å². The highest BCUT2D eigenvalue weighted by Crippen LogP contribution is 2.14. The lowest BCUT2D eigenvalue weighted by atomic mass is 10.1.